The number of rotatable bonds is 2. The van der Waals surface area contributed by atoms with Gasteiger partial charge in [0.2, 0.25) is 5.78 Å². The highest BCUT2D eigenvalue weighted by Gasteiger charge is 2.10. The maximum atomic E-state index is 11.9. The Balaban J connectivity index is 2.39. The van der Waals surface area contributed by atoms with Crippen molar-refractivity contribution in [1.29, 1.82) is 0 Å². The first kappa shape index (κ1) is 10.1. The average molecular weight is 217 g/mol. The molecule has 0 aliphatic carbocycles. The molecule has 0 amide bonds. The molecule has 15 heavy (non-hydrogen) atoms. The van der Waals surface area contributed by atoms with Gasteiger partial charge in [0.05, 0.1) is 10.4 Å². The molecule has 1 heterocycles. The Hall–Kier alpha value is -1.48. The van der Waals surface area contributed by atoms with Crippen LogP contribution in [0.4, 0.5) is 0 Å². The number of aromatic nitrogens is 1. The van der Waals surface area contributed by atoms with Crippen molar-refractivity contribution in [2.45, 2.75) is 13.8 Å². The summed E-state index contributed by atoms with van der Waals surface area (Å²) in [6.07, 6.45) is 1.61. The summed E-state index contributed by atoms with van der Waals surface area (Å²) in [6, 6.07) is 5.77. The summed E-state index contributed by atoms with van der Waals surface area (Å²) in [5, 5.41) is 0. The predicted molar refractivity (Wildman–Crippen MR) is 61.5 cm³/mol. The highest BCUT2D eigenvalue weighted by atomic mass is 32.1. The van der Waals surface area contributed by atoms with Crippen molar-refractivity contribution in [2.24, 2.45) is 0 Å². The first-order valence-corrected chi connectivity index (χ1v) is 5.57. The second kappa shape index (κ2) is 3.95. The van der Waals surface area contributed by atoms with Crippen LogP contribution in [0.5, 0.6) is 0 Å². The molecule has 0 saturated carbocycles. The number of aryl methyl sites for hydroxylation is 2. The zero-order valence-corrected chi connectivity index (χ0v) is 9.47. The van der Waals surface area contributed by atoms with Crippen LogP contribution in [0.2, 0.25) is 0 Å². The largest absolute Gasteiger partial charge is 0.288 e. The third kappa shape index (κ3) is 1.97. The molecule has 0 N–H and O–H groups in total. The maximum absolute atomic E-state index is 11.9. The van der Waals surface area contributed by atoms with Gasteiger partial charge >= 0.3 is 0 Å². The van der Waals surface area contributed by atoms with Gasteiger partial charge in [-0.25, -0.2) is 0 Å². The molecule has 0 aliphatic heterocycles. The zero-order valence-electron chi connectivity index (χ0n) is 8.65. The van der Waals surface area contributed by atoms with Crippen LogP contribution in [-0.4, -0.2) is 10.8 Å². The first-order valence-electron chi connectivity index (χ1n) is 4.69. The van der Waals surface area contributed by atoms with E-state index in [2.05, 4.69) is 4.98 Å². The number of carbonyl (C=O) groups excluding carboxylic acids is 1. The van der Waals surface area contributed by atoms with Crippen LogP contribution < -0.4 is 0 Å². The zero-order chi connectivity index (χ0) is 10.8. The fourth-order valence-corrected chi connectivity index (χ4v) is 1.93. The molecule has 76 valence electrons. The van der Waals surface area contributed by atoms with E-state index in [1.54, 1.807) is 11.7 Å². The highest BCUT2D eigenvalue weighted by Crippen LogP contribution is 2.16. The molecule has 2 rings (SSSR count). The van der Waals surface area contributed by atoms with Gasteiger partial charge in [-0.1, -0.05) is 12.1 Å². The number of ketones is 1. The van der Waals surface area contributed by atoms with Gasteiger partial charge in [-0.05, 0) is 31.0 Å². The molecule has 0 atom stereocenters. The molecular weight excluding hydrogens is 206 g/mol. The smallest absolute Gasteiger partial charge is 0.204 e. The molecule has 0 bridgehead atoms. The molecule has 0 radical (unpaired) electrons. The molecule has 3 heteroatoms. The minimum atomic E-state index is 0.0561. The Morgan fingerprint density at radius 3 is 2.67 bits per heavy atom. The number of carbonyl (C=O) groups is 1. The Bertz CT molecular complexity index is 488. The summed E-state index contributed by atoms with van der Waals surface area (Å²) in [5.41, 5.74) is 4.76. The Kier molecular flexibility index (Phi) is 2.64. The van der Waals surface area contributed by atoms with Crippen molar-refractivity contribution in [3.63, 3.8) is 0 Å². The van der Waals surface area contributed by atoms with Gasteiger partial charge in [0.1, 0.15) is 0 Å². The van der Waals surface area contributed by atoms with Gasteiger partial charge in [-0.15, -0.1) is 11.3 Å². The number of hydrogen-bond acceptors (Lipinski definition) is 3. The van der Waals surface area contributed by atoms with E-state index >= 15 is 0 Å². The molecule has 0 saturated heterocycles. The lowest BCUT2D eigenvalue weighted by atomic mass is 10.0. The van der Waals surface area contributed by atoms with E-state index in [9.17, 15) is 4.79 Å². The molecule has 2 nitrogen and oxygen atoms in total. The predicted octanol–water partition coefficient (Wildman–Crippen LogP) is 2.99. The quantitative estimate of drug-likeness (QED) is 0.724. The van der Waals surface area contributed by atoms with Gasteiger partial charge in [0.25, 0.3) is 0 Å². The molecule has 0 spiro atoms. The molecule has 1 aromatic carbocycles. The van der Waals surface area contributed by atoms with Crippen LogP contribution in [0.3, 0.4) is 0 Å². The number of thiazole rings is 1. The number of hydrogen-bond donors (Lipinski definition) is 0. The summed E-state index contributed by atoms with van der Waals surface area (Å²) >= 11 is 1.38. The van der Waals surface area contributed by atoms with E-state index in [-0.39, 0.29) is 5.78 Å². The topological polar surface area (TPSA) is 30.0 Å². The number of nitrogens with zero attached hydrogens (tertiary/aromatic N) is 1. The van der Waals surface area contributed by atoms with Crippen molar-refractivity contribution < 1.29 is 4.79 Å². The third-order valence-electron chi connectivity index (χ3n) is 2.43. The summed E-state index contributed by atoms with van der Waals surface area (Å²) in [4.78, 5) is 16.5. The van der Waals surface area contributed by atoms with Crippen molar-refractivity contribution >= 4 is 17.1 Å². The number of benzene rings is 1. The summed E-state index contributed by atoms with van der Waals surface area (Å²) in [7, 11) is 0. The fourth-order valence-electron chi connectivity index (χ4n) is 1.35. The Morgan fingerprint density at radius 1 is 1.27 bits per heavy atom. The van der Waals surface area contributed by atoms with E-state index in [0.29, 0.717) is 4.88 Å². The highest BCUT2D eigenvalue weighted by molar-refractivity contribution is 7.11. The van der Waals surface area contributed by atoms with E-state index in [1.807, 2.05) is 32.0 Å². The van der Waals surface area contributed by atoms with Crippen molar-refractivity contribution in [3.8, 4) is 0 Å². The van der Waals surface area contributed by atoms with Crippen LogP contribution in [0.1, 0.15) is 26.4 Å². The van der Waals surface area contributed by atoms with Crippen molar-refractivity contribution in [1.82, 2.24) is 4.98 Å². The van der Waals surface area contributed by atoms with E-state index in [4.69, 9.17) is 0 Å². The summed E-state index contributed by atoms with van der Waals surface area (Å²) in [5.74, 6) is 0.0561. The average Bonchev–Trinajstić information content (AvgIpc) is 2.74. The molecule has 0 fully saturated rings. The van der Waals surface area contributed by atoms with E-state index < -0.39 is 0 Å². The Morgan fingerprint density at radius 2 is 2.07 bits per heavy atom. The normalized spacial score (nSPS) is 10.3. The van der Waals surface area contributed by atoms with Gasteiger partial charge in [0.15, 0.2) is 0 Å². The van der Waals surface area contributed by atoms with Crippen LogP contribution >= 0.6 is 11.3 Å². The minimum absolute atomic E-state index is 0.0561. The van der Waals surface area contributed by atoms with Crippen LogP contribution in [0.15, 0.2) is 29.9 Å². The lowest BCUT2D eigenvalue weighted by Crippen LogP contribution is -1.99. The molecular formula is C12H11NOS. The van der Waals surface area contributed by atoms with E-state index in [1.165, 1.54) is 16.9 Å². The van der Waals surface area contributed by atoms with Crippen molar-refractivity contribution in [2.75, 3.05) is 0 Å². The Labute approximate surface area is 92.6 Å². The second-order valence-corrected chi connectivity index (χ2v) is 4.38. The van der Waals surface area contributed by atoms with Crippen LogP contribution in [0, 0.1) is 13.8 Å². The molecule has 1 aromatic heterocycles. The minimum Gasteiger partial charge on any atom is -0.288 e. The maximum Gasteiger partial charge on any atom is 0.204 e. The first-order chi connectivity index (χ1) is 7.18. The molecule has 2 aromatic rings. The van der Waals surface area contributed by atoms with Gasteiger partial charge in [0, 0.05) is 11.8 Å². The summed E-state index contributed by atoms with van der Waals surface area (Å²) in [6.45, 7) is 4.05. The van der Waals surface area contributed by atoms with Gasteiger partial charge < -0.3 is 0 Å². The van der Waals surface area contributed by atoms with Crippen molar-refractivity contribution in [3.05, 3.63) is 51.5 Å². The summed E-state index contributed by atoms with van der Waals surface area (Å²) < 4.78 is 0. The molecule has 0 aliphatic rings. The van der Waals surface area contributed by atoms with Crippen LogP contribution in [-0.2, 0) is 0 Å². The van der Waals surface area contributed by atoms with Crippen LogP contribution in [0.25, 0.3) is 0 Å². The van der Waals surface area contributed by atoms with Gasteiger partial charge in [-0.3, -0.25) is 9.78 Å². The lowest BCUT2D eigenvalue weighted by Gasteiger charge is -2.02. The fraction of sp³-hybridized carbons (Fsp3) is 0.167. The van der Waals surface area contributed by atoms with E-state index in [0.717, 1.165) is 11.1 Å². The SMILES string of the molecule is Cc1ccc(C(=O)c2cncs2)cc1C. The lowest BCUT2D eigenvalue weighted by molar-refractivity contribution is 0.104. The second-order valence-electron chi connectivity index (χ2n) is 3.49. The van der Waals surface area contributed by atoms with Gasteiger partial charge in [-0.2, -0.15) is 0 Å². The standard InChI is InChI=1S/C12H11NOS/c1-8-3-4-10(5-9(8)2)12(14)11-6-13-7-15-11/h3-7H,1-2H3. The monoisotopic (exact) mass is 217 g/mol. The third-order valence-corrected chi connectivity index (χ3v) is 3.20. The molecule has 0 unspecified atom stereocenters.